The maximum Gasteiger partial charge on any atom is 0.308 e. The van der Waals surface area contributed by atoms with Crippen LogP contribution < -0.4 is 11.1 Å². The summed E-state index contributed by atoms with van der Waals surface area (Å²) in [6.45, 7) is 3.44. The van der Waals surface area contributed by atoms with Gasteiger partial charge in [0.2, 0.25) is 5.91 Å². The number of nitrogens with one attached hydrogen (secondary N) is 1. The zero-order valence-corrected chi connectivity index (χ0v) is 12.5. The van der Waals surface area contributed by atoms with Crippen LogP contribution in [0.2, 0.25) is 0 Å². The van der Waals surface area contributed by atoms with Crippen molar-refractivity contribution in [1.82, 2.24) is 5.32 Å². The average molecular weight is 310 g/mol. The number of esters is 1. The molecule has 1 aromatic rings. The van der Waals surface area contributed by atoms with Gasteiger partial charge in [0.1, 0.15) is 11.9 Å². The molecule has 0 saturated heterocycles. The molecule has 7 heteroatoms. The Morgan fingerprint density at radius 3 is 2.50 bits per heavy atom. The molecule has 0 radical (unpaired) electrons. The van der Waals surface area contributed by atoms with E-state index in [0.717, 1.165) is 6.07 Å². The van der Waals surface area contributed by atoms with E-state index in [0.29, 0.717) is 0 Å². The van der Waals surface area contributed by atoms with E-state index in [4.69, 9.17) is 10.5 Å². The number of nitrogens with two attached hydrogens (primary N) is 1. The van der Waals surface area contributed by atoms with Gasteiger partial charge >= 0.3 is 5.97 Å². The van der Waals surface area contributed by atoms with Crippen LogP contribution in [-0.2, 0) is 14.3 Å². The van der Waals surface area contributed by atoms with Gasteiger partial charge in [0, 0.05) is 0 Å². The SMILES string of the molecule is CCOC(=O)[C@@H](C)C[C@@H](NC(=O)c1ccccc1F)C(N)=O. The Kier molecular flexibility index (Phi) is 6.49. The number of hydrogen-bond donors (Lipinski definition) is 2. The second-order valence-corrected chi connectivity index (χ2v) is 4.80. The Morgan fingerprint density at radius 1 is 1.32 bits per heavy atom. The van der Waals surface area contributed by atoms with E-state index < -0.39 is 35.6 Å². The van der Waals surface area contributed by atoms with Crippen LogP contribution in [0.1, 0.15) is 30.6 Å². The minimum atomic E-state index is -1.09. The Hall–Kier alpha value is -2.44. The first-order valence-electron chi connectivity index (χ1n) is 6.88. The van der Waals surface area contributed by atoms with Gasteiger partial charge in [-0.1, -0.05) is 19.1 Å². The quantitative estimate of drug-likeness (QED) is 0.734. The molecule has 22 heavy (non-hydrogen) atoms. The first-order chi connectivity index (χ1) is 10.4. The number of carbonyl (C=O) groups excluding carboxylic acids is 3. The fraction of sp³-hybridized carbons (Fsp3) is 0.400. The van der Waals surface area contributed by atoms with Crippen molar-refractivity contribution in [3.63, 3.8) is 0 Å². The number of ether oxygens (including phenoxy) is 1. The summed E-state index contributed by atoms with van der Waals surface area (Å²) in [5, 5.41) is 2.34. The van der Waals surface area contributed by atoms with E-state index in [1.807, 2.05) is 0 Å². The summed E-state index contributed by atoms with van der Waals surface area (Å²) < 4.78 is 18.4. The third-order valence-corrected chi connectivity index (χ3v) is 3.05. The molecule has 0 saturated carbocycles. The summed E-state index contributed by atoms with van der Waals surface area (Å²) in [5.41, 5.74) is 5.03. The number of benzene rings is 1. The molecule has 2 atom stereocenters. The summed E-state index contributed by atoms with van der Waals surface area (Å²) >= 11 is 0. The number of amides is 2. The highest BCUT2D eigenvalue weighted by atomic mass is 19.1. The lowest BCUT2D eigenvalue weighted by molar-refractivity contribution is -0.147. The summed E-state index contributed by atoms with van der Waals surface area (Å²) in [4.78, 5) is 35.0. The second kappa shape index (κ2) is 8.11. The lowest BCUT2D eigenvalue weighted by atomic mass is 10.0. The molecular weight excluding hydrogens is 291 g/mol. The van der Waals surface area contributed by atoms with Gasteiger partial charge in [-0.05, 0) is 25.5 Å². The minimum Gasteiger partial charge on any atom is -0.466 e. The molecule has 0 bridgehead atoms. The molecule has 0 aromatic heterocycles. The van der Waals surface area contributed by atoms with Crippen molar-refractivity contribution in [3.05, 3.63) is 35.6 Å². The number of halogens is 1. The predicted molar refractivity (Wildman–Crippen MR) is 77.3 cm³/mol. The fourth-order valence-corrected chi connectivity index (χ4v) is 1.86. The van der Waals surface area contributed by atoms with E-state index >= 15 is 0 Å². The zero-order valence-electron chi connectivity index (χ0n) is 12.5. The molecule has 0 aliphatic carbocycles. The van der Waals surface area contributed by atoms with Crippen molar-refractivity contribution in [1.29, 1.82) is 0 Å². The van der Waals surface area contributed by atoms with Gasteiger partial charge in [0.25, 0.3) is 5.91 Å². The highest BCUT2D eigenvalue weighted by Crippen LogP contribution is 2.11. The molecule has 1 aromatic carbocycles. The molecule has 6 nitrogen and oxygen atoms in total. The first-order valence-corrected chi connectivity index (χ1v) is 6.88. The number of primary amides is 1. The van der Waals surface area contributed by atoms with Crippen molar-refractivity contribution in [2.45, 2.75) is 26.3 Å². The third-order valence-electron chi connectivity index (χ3n) is 3.05. The average Bonchev–Trinajstić information content (AvgIpc) is 2.46. The van der Waals surface area contributed by atoms with Crippen LogP contribution in [0.15, 0.2) is 24.3 Å². The van der Waals surface area contributed by atoms with Gasteiger partial charge in [-0.3, -0.25) is 14.4 Å². The number of hydrogen-bond acceptors (Lipinski definition) is 4. The third kappa shape index (κ3) is 4.83. The van der Waals surface area contributed by atoms with Crippen molar-refractivity contribution < 1.29 is 23.5 Å². The van der Waals surface area contributed by atoms with Crippen molar-refractivity contribution in [3.8, 4) is 0 Å². The lowest BCUT2D eigenvalue weighted by Gasteiger charge is -2.19. The van der Waals surface area contributed by atoms with E-state index in [2.05, 4.69) is 5.32 Å². The van der Waals surface area contributed by atoms with Crippen LogP contribution >= 0.6 is 0 Å². The summed E-state index contributed by atoms with van der Waals surface area (Å²) in [5.74, 6) is -3.40. The Morgan fingerprint density at radius 2 is 1.95 bits per heavy atom. The first kappa shape index (κ1) is 17.6. The van der Waals surface area contributed by atoms with Crippen molar-refractivity contribution >= 4 is 17.8 Å². The van der Waals surface area contributed by atoms with Crippen LogP contribution in [0.4, 0.5) is 4.39 Å². The largest absolute Gasteiger partial charge is 0.466 e. The monoisotopic (exact) mass is 310 g/mol. The Balaban J connectivity index is 2.77. The molecule has 0 heterocycles. The topological polar surface area (TPSA) is 98.5 Å². The van der Waals surface area contributed by atoms with E-state index in [1.165, 1.54) is 18.2 Å². The molecule has 0 aliphatic rings. The van der Waals surface area contributed by atoms with Crippen LogP contribution in [0.5, 0.6) is 0 Å². The molecule has 0 aliphatic heterocycles. The van der Waals surface area contributed by atoms with E-state index in [1.54, 1.807) is 13.8 Å². The predicted octanol–water partition coefficient (Wildman–Crippen LogP) is 0.999. The molecule has 0 spiro atoms. The molecular formula is C15H19FN2O4. The Labute approximate surface area is 127 Å². The number of carbonyl (C=O) groups is 3. The maximum atomic E-state index is 13.5. The van der Waals surface area contributed by atoms with Crippen LogP contribution in [0.25, 0.3) is 0 Å². The van der Waals surface area contributed by atoms with Crippen LogP contribution in [-0.4, -0.2) is 30.4 Å². The molecule has 0 fully saturated rings. The normalized spacial score (nSPS) is 13.0. The van der Waals surface area contributed by atoms with E-state index in [-0.39, 0.29) is 18.6 Å². The van der Waals surface area contributed by atoms with Gasteiger partial charge in [-0.2, -0.15) is 0 Å². The number of rotatable bonds is 7. The highest BCUT2D eigenvalue weighted by Gasteiger charge is 2.26. The van der Waals surface area contributed by atoms with Gasteiger partial charge < -0.3 is 15.8 Å². The van der Waals surface area contributed by atoms with E-state index in [9.17, 15) is 18.8 Å². The van der Waals surface area contributed by atoms with Crippen LogP contribution in [0.3, 0.4) is 0 Å². The molecule has 1 rings (SSSR count). The van der Waals surface area contributed by atoms with Gasteiger partial charge in [0.05, 0.1) is 18.1 Å². The standard InChI is InChI=1S/C15H19FN2O4/c1-3-22-15(21)9(2)8-12(13(17)19)18-14(20)10-6-4-5-7-11(10)16/h4-7,9,12H,3,8H2,1-2H3,(H2,17,19)(H,18,20)/t9-,12+/m0/s1. The smallest absolute Gasteiger partial charge is 0.308 e. The molecule has 120 valence electrons. The Bertz CT molecular complexity index is 562. The summed E-state index contributed by atoms with van der Waals surface area (Å²) in [7, 11) is 0. The fourth-order valence-electron chi connectivity index (χ4n) is 1.86. The minimum absolute atomic E-state index is 0.0195. The van der Waals surface area contributed by atoms with Crippen LogP contribution in [0, 0.1) is 11.7 Å². The van der Waals surface area contributed by atoms with Gasteiger partial charge in [0.15, 0.2) is 0 Å². The van der Waals surface area contributed by atoms with Gasteiger partial charge in [-0.25, -0.2) is 4.39 Å². The molecule has 0 unspecified atom stereocenters. The second-order valence-electron chi connectivity index (χ2n) is 4.80. The van der Waals surface area contributed by atoms with Crippen molar-refractivity contribution in [2.75, 3.05) is 6.61 Å². The molecule has 3 N–H and O–H groups in total. The van der Waals surface area contributed by atoms with Gasteiger partial charge in [-0.15, -0.1) is 0 Å². The summed E-state index contributed by atoms with van der Waals surface area (Å²) in [6.07, 6.45) is -0.0195. The molecule has 2 amide bonds. The lowest BCUT2D eigenvalue weighted by Crippen LogP contribution is -2.46. The zero-order chi connectivity index (χ0) is 16.7. The van der Waals surface area contributed by atoms with Crippen molar-refractivity contribution in [2.24, 2.45) is 11.7 Å². The highest BCUT2D eigenvalue weighted by molar-refractivity contribution is 5.97. The maximum absolute atomic E-state index is 13.5. The summed E-state index contributed by atoms with van der Waals surface area (Å²) in [6, 6.07) is 4.28.